The number of rotatable bonds is 4. The van der Waals surface area contributed by atoms with Crippen LogP contribution in [0.5, 0.6) is 0 Å². The van der Waals surface area contributed by atoms with Crippen molar-refractivity contribution in [2.75, 3.05) is 18.0 Å². The summed E-state index contributed by atoms with van der Waals surface area (Å²) in [7, 11) is 0. The second-order valence-electron chi connectivity index (χ2n) is 7.86. The number of carbonyl (C=O) groups is 2. The van der Waals surface area contributed by atoms with Crippen molar-refractivity contribution in [3.05, 3.63) is 53.4 Å². The minimum atomic E-state index is -0.699. The van der Waals surface area contributed by atoms with E-state index in [1.54, 1.807) is 25.7 Å². The Hall–Kier alpha value is -3.10. The third-order valence-electron chi connectivity index (χ3n) is 4.46. The summed E-state index contributed by atoms with van der Waals surface area (Å²) in [5.74, 6) is -1.35. The van der Waals surface area contributed by atoms with Crippen LogP contribution in [0.25, 0.3) is 0 Å². The first-order chi connectivity index (χ1) is 13.7. The molecule has 29 heavy (non-hydrogen) atoms. The first-order valence-electron chi connectivity index (χ1n) is 9.13. The highest BCUT2D eigenvalue weighted by Gasteiger charge is 2.38. The van der Waals surface area contributed by atoms with Gasteiger partial charge in [0.2, 0.25) is 5.95 Å². The molecule has 2 aromatic rings. The van der Waals surface area contributed by atoms with E-state index < -0.39 is 35.3 Å². The summed E-state index contributed by atoms with van der Waals surface area (Å²) >= 11 is 0. The Morgan fingerprint density at radius 1 is 1.24 bits per heavy atom. The number of ether oxygens (including phenoxy) is 1. The number of hydrogen-bond acceptors (Lipinski definition) is 6. The SMILES string of the molecule is CC(C)(C)OC(=O)N[C@H]1CN(c2ncc(C=O)cn2)C[C@@H]1c1cc(F)ccc1F. The zero-order valence-corrected chi connectivity index (χ0v) is 16.4. The van der Waals surface area contributed by atoms with E-state index in [1.807, 2.05) is 0 Å². The number of aromatic nitrogens is 2. The topological polar surface area (TPSA) is 84.4 Å². The van der Waals surface area contributed by atoms with Gasteiger partial charge < -0.3 is 15.0 Å². The van der Waals surface area contributed by atoms with Gasteiger partial charge in [0.05, 0.1) is 11.6 Å². The van der Waals surface area contributed by atoms with Gasteiger partial charge in [-0.15, -0.1) is 0 Å². The van der Waals surface area contributed by atoms with Crippen LogP contribution < -0.4 is 10.2 Å². The average molecular weight is 404 g/mol. The van der Waals surface area contributed by atoms with Crippen molar-refractivity contribution >= 4 is 18.3 Å². The van der Waals surface area contributed by atoms with Crippen LogP contribution >= 0.6 is 0 Å². The van der Waals surface area contributed by atoms with Gasteiger partial charge in [-0.1, -0.05) is 0 Å². The maximum Gasteiger partial charge on any atom is 0.407 e. The molecule has 154 valence electrons. The molecule has 1 fully saturated rings. The number of benzene rings is 1. The fourth-order valence-corrected chi connectivity index (χ4v) is 3.24. The Bertz CT molecular complexity index is 900. The van der Waals surface area contributed by atoms with Crippen molar-refractivity contribution in [3.63, 3.8) is 0 Å². The molecule has 1 aromatic heterocycles. The average Bonchev–Trinajstić information content (AvgIpc) is 3.05. The summed E-state index contributed by atoms with van der Waals surface area (Å²) in [6.45, 7) is 5.72. The van der Waals surface area contributed by atoms with Crippen LogP contribution in [-0.4, -0.2) is 47.1 Å². The van der Waals surface area contributed by atoms with Gasteiger partial charge in [0.15, 0.2) is 6.29 Å². The van der Waals surface area contributed by atoms with Gasteiger partial charge in [-0.25, -0.2) is 23.5 Å². The summed E-state index contributed by atoms with van der Waals surface area (Å²) in [4.78, 5) is 33.1. The van der Waals surface area contributed by atoms with Gasteiger partial charge in [-0.05, 0) is 44.5 Å². The van der Waals surface area contributed by atoms with E-state index in [2.05, 4.69) is 15.3 Å². The highest BCUT2D eigenvalue weighted by molar-refractivity contribution is 5.73. The lowest BCUT2D eigenvalue weighted by Crippen LogP contribution is -2.43. The maximum atomic E-state index is 14.4. The molecule has 7 nitrogen and oxygen atoms in total. The molecule has 2 heterocycles. The fraction of sp³-hybridized carbons (Fsp3) is 0.400. The first-order valence-corrected chi connectivity index (χ1v) is 9.13. The molecule has 0 spiro atoms. The second kappa shape index (κ2) is 8.10. The van der Waals surface area contributed by atoms with E-state index in [-0.39, 0.29) is 18.7 Å². The number of carbonyl (C=O) groups excluding carboxylic acids is 2. The molecule has 0 saturated carbocycles. The minimum Gasteiger partial charge on any atom is -0.444 e. The standard InChI is InChI=1S/C20H22F2N4O3/c1-20(2,3)29-19(28)25-17-10-26(18-23-7-12(11-27)8-24-18)9-15(17)14-6-13(21)4-5-16(14)22/h4-8,11,15,17H,9-10H2,1-3H3,(H,25,28)/t15-,17+/m1/s1. The van der Waals surface area contributed by atoms with Crippen LogP contribution in [0.1, 0.15) is 42.6 Å². The third-order valence-corrected chi connectivity index (χ3v) is 4.46. The first kappa shape index (κ1) is 20.6. The molecule has 3 rings (SSSR count). The van der Waals surface area contributed by atoms with Gasteiger partial charge >= 0.3 is 6.09 Å². The van der Waals surface area contributed by atoms with Crippen molar-refractivity contribution in [3.8, 4) is 0 Å². The Morgan fingerprint density at radius 3 is 2.55 bits per heavy atom. The molecule has 0 unspecified atom stereocenters. The van der Waals surface area contributed by atoms with Crippen LogP contribution in [0.2, 0.25) is 0 Å². The Balaban J connectivity index is 1.87. The number of halogens is 2. The maximum absolute atomic E-state index is 14.4. The smallest absolute Gasteiger partial charge is 0.407 e. The van der Waals surface area contributed by atoms with Crippen molar-refractivity contribution in [1.29, 1.82) is 0 Å². The van der Waals surface area contributed by atoms with Crippen LogP contribution in [0.15, 0.2) is 30.6 Å². The zero-order valence-electron chi connectivity index (χ0n) is 16.4. The number of hydrogen-bond donors (Lipinski definition) is 1. The van der Waals surface area contributed by atoms with Crippen LogP contribution in [0.4, 0.5) is 19.5 Å². The summed E-state index contributed by atoms with van der Waals surface area (Å²) in [5, 5.41) is 2.75. The fourth-order valence-electron chi connectivity index (χ4n) is 3.24. The van der Waals surface area contributed by atoms with E-state index in [9.17, 15) is 18.4 Å². The van der Waals surface area contributed by atoms with E-state index in [1.165, 1.54) is 12.4 Å². The molecule has 1 amide bonds. The van der Waals surface area contributed by atoms with Crippen LogP contribution in [-0.2, 0) is 4.74 Å². The molecule has 0 aliphatic carbocycles. The molecule has 1 aliphatic heterocycles. The van der Waals surface area contributed by atoms with Crippen LogP contribution in [0.3, 0.4) is 0 Å². The molecule has 0 bridgehead atoms. The number of aldehydes is 1. The monoisotopic (exact) mass is 404 g/mol. The van der Waals surface area contributed by atoms with E-state index >= 15 is 0 Å². The molecule has 1 saturated heterocycles. The van der Waals surface area contributed by atoms with E-state index in [0.717, 1.165) is 18.2 Å². The third kappa shape index (κ3) is 5.04. The molecular weight excluding hydrogens is 382 g/mol. The molecule has 1 N–H and O–H groups in total. The summed E-state index contributed by atoms with van der Waals surface area (Å²) in [6, 6.07) is 2.68. The van der Waals surface area contributed by atoms with Gasteiger partial charge in [0.1, 0.15) is 17.2 Å². The predicted octanol–water partition coefficient (Wildman–Crippen LogP) is 3.06. The van der Waals surface area contributed by atoms with Crippen LogP contribution in [0, 0.1) is 11.6 Å². The molecule has 1 aliphatic rings. The largest absolute Gasteiger partial charge is 0.444 e. The second-order valence-corrected chi connectivity index (χ2v) is 7.86. The molecular formula is C20H22F2N4O3. The minimum absolute atomic E-state index is 0.151. The lowest BCUT2D eigenvalue weighted by atomic mass is 9.94. The van der Waals surface area contributed by atoms with Gasteiger partial charge in [0.25, 0.3) is 0 Å². The van der Waals surface area contributed by atoms with E-state index in [0.29, 0.717) is 17.8 Å². The van der Waals surface area contributed by atoms with Crippen molar-refractivity contribution in [2.45, 2.75) is 38.3 Å². The highest BCUT2D eigenvalue weighted by Crippen LogP contribution is 2.32. The lowest BCUT2D eigenvalue weighted by Gasteiger charge is -2.24. The van der Waals surface area contributed by atoms with Gasteiger partial charge in [-0.2, -0.15) is 0 Å². The lowest BCUT2D eigenvalue weighted by molar-refractivity contribution is 0.0504. The number of alkyl carbamates (subject to hydrolysis) is 1. The normalized spacial score (nSPS) is 19.1. The number of amides is 1. The molecule has 0 radical (unpaired) electrons. The highest BCUT2D eigenvalue weighted by atomic mass is 19.1. The summed E-state index contributed by atoms with van der Waals surface area (Å²) in [5.41, 5.74) is -0.224. The molecule has 9 heteroatoms. The predicted molar refractivity (Wildman–Crippen MR) is 102 cm³/mol. The summed E-state index contributed by atoms with van der Waals surface area (Å²) in [6.07, 6.45) is 2.73. The van der Waals surface area contributed by atoms with E-state index in [4.69, 9.17) is 4.74 Å². The van der Waals surface area contributed by atoms with Gasteiger partial charge in [-0.3, -0.25) is 4.79 Å². The number of nitrogens with one attached hydrogen (secondary N) is 1. The number of nitrogens with zero attached hydrogens (tertiary/aromatic N) is 3. The molecule has 2 atom stereocenters. The number of anilines is 1. The Morgan fingerprint density at radius 2 is 1.93 bits per heavy atom. The Labute approximate surface area is 167 Å². The van der Waals surface area contributed by atoms with Crippen molar-refractivity contribution < 1.29 is 23.1 Å². The quantitative estimate of drug-likeness (QED) is 0.789. The van der Waals surface area contributed by atoms with Gasteiger partial charge in [0, 0.05) is 31.4 Å². The Kier molecular flexibility index (Phi) is 5.76. The van der Waals surface area contributed by atoms with Crippen molar-refractivity contribution in [2.24, 2.45) is 0 Å². The zero-order chi connectivity index (χ0) is 21.2. The molecule has 1 aromatic carbocycles. The van der Waals surface area contributed by atoms with Crippen molar-refractivity contribution in [1.82, 2.24) is 15.3 Å². The summed E-state index contributed by atoms with van der Waals surface area (Å²) < 4.78 is 33.5.